The Hall–Kier alpha value is -0.950. The zero-order chi connectivity index (χ0) is 14.8. The summed E-state index contributed by atoms with van der Waals surface area (Å²) < 4.78 is 25.5. The van der Waals surface area contributed by atoms with Gasteiger partial charge in [-0.25, -0.2) is 12.7 Å². The first-order valence-corrected chi connectivity index (χ1v) is 8.31. The molecule has 1 aliphatic rings. The van der Waals surface area contributed by atoms with E-state index < -0.39 is 10.0 Å². The van der Waals surface area contributed by atoms with Crippen molar-refractivity contribution in [3.63, 3.8) is 0 Å². The van der Waals surface area contributed by atoms with Gasteiger partial charge >= 0.3 is 0 Å². The maximum atomic E-state index is 12.1. The lowest BCUT2D eigenvalue weighted by Crippen LogP contribution is -2.49. The summed E-state index contributed by atoms with van der Waals surface area (Å²) in [7, 11) is -0.239. The average molecular weight is 297 g/mol. The highest BCUT2D eigenvalue weighted by molar-refractivity contribution is 7.89. The Morgan fingerprint density at radius 2 is 2.15 bits per heavy atom. The molecule has 6 heteroatoms. The molecular formula is C14H23N3O2S. The fourth-order valence-electron chi connectivity index (χ4n) is 2.37. The lowest BCUT2D eigenvalue weighted by Gasteiger charge is -2.34. The minimum absolute atomic E-state index is 0.364. The Bertz CT molecular complexity index is 557. The Morgan fingerprint density at radius 3 is 2.80 bits per heavy atom. The van der Waals surface area contributed by atoms with Crippen molar-refractivity contribution < 1.29 is 8.42 Å². The standard InChI is InChI=1S/C14H23N3O2S/c1-12-10-15-7-8-17(12)11-13-5-4-6-14(9-13)20(18,19)16(2)3/h4-6,9,12,15H,7-8,10-11H2,1-3H3. The second-order valence-electron chi connectivity index (χ2n) is 5.46. The van der Waals surface area contributed by atoms with Gasteiger partial charge in [-0.3, -0.25) is 4.90 Å². The zero-order valence-corrected chi connectivity index (χ0v) is 13.2. The highest BCUT2D eigenvalue weighted by Crippen LogP contribution is 2.17. The van der Waals surface area contributed by atoms with Crippen LogP contribution in [0.3, 0.4) is 0 Å². The molecule has 20 heavy (non-hydrogen) atoms. The van der Waals surface area contributed by atoms with Crippen molar-refractivity contribution in [1.82, 2.24) is 14.5 Å². The van der Waals surface area contributed by atoms with Gasteiger partial charge in [-0.2, -0.15) is 0 Å². The van der Waals surface area contributed by atoms with E-state index in [1.54, 1.807) is 26.2 Å². The van der Waals surface area contributed by atoms with Crippen LogP contribution in [0.1, 0.15) is 12.5 Å². The quantitative estimate of drug-likeness (QED) is 0.890. The largest absolute Gasteiger partial charge is 0.314 e. The first-order chi connectivity index (χ1) is 9.41. The van der Waals surface area contributed by atoms with E-state index in [1.807, 2.05) is 12.1 Å². The van der Waals surface area contributed by atoms with Crippen molar-refractivity contribution in [2.24, 2.45) is 0 Å². The van der Waals surface area contributed by atoms with Crippen LogP contribution in [0.4, 0.5) is 0 Å². The van der Waals surface area contributed by atoms with E-state index in [9.17, 15) is 8.42 Å². The minimum atomic E-state index is -3.35. The predicted octanol–water partition coefficient (Wildman–Crippen LogP) is 0.731. The number of benzene rings is 1. The number of nitrogens with one attached hydrogen (secondary N) is 1. The normalized spacial score (nSPS) is 21.3. The second-order valence-corrected chi connectivity index (χ2v) is 7.61. The highest BCUT2D eigenvalue weighted by Gasteiger charge is 2.20. The molecule has 0 aromatic heterocycles. The Balaban J connectivity index is 2.18. The van der Waals surface area contributed by atoms with Gasteiger partial charge in [0.05, 0.1) is 4.90 Å². The van der Waals surface area contributed by atoms with E-state index in [1.165, 1.54) is 4.31 Å². The summed E-state index contributed by atoms with van der Waals surface area (Å²) in [5.74, 6) is 0. The highest BCUT2D eigenvalue weighted by atomic mass is 32.2. The fourth-order valence-corrected chi connectivity index (χ4v) is 3.34. The molecule has 1 N–H and O–H groups in total. The number of hydrogen-bond donors (Lipinski definition) is 1. The van der Waals surface area contributed by atoms with Crippen molar-refractivity contribution in [3.05, 3.63) is 29.8 Å². The molecular weight excluding hydrogens is 274 g/mol. The van der Waals surface area contributed by atoms with E-state index in [-0.39, 0.29) is 0 Å². The number of piperazine rings is 1. The average Bonchev–Trinajstić information content (AvgIpc) is 2.41. The van der Waals surface area contributed by atoms with Gasteiger partial charge in [0.15, 0.2) is 0 Å². The van der Waals surface area contributed by atoms with Crippen LogP contribution >= 0.6 is 0 Å². The Labute approximate surface area is 121 Å². The number of rotatable bonds is 4. The third-order valence-electron chi connectivity index (χ3n) is 3.70. The minimum Gasteiger partial charge on any atom is -0.314 e. The van der Waals surface area contributed by atoms with Crippen LogP contribution in [0.15, 0.2) is 29.2 Å². The predicted molar refractivity (Wildman–Crippen MR) is 80.1 cm³/mol. The monoisotopic (exact) mass is 297 g/mol. The lowest BCUT2D eigenvalue weighted by atomic mass is 10.1. The van der Waals surface area contributed by atoms with Crippen LogP contribution in [0.25, 0.3) is 0 Å². The third-order valence-corrected chi connectivity index (χ3v) is 5.51. The van der Waals surface area contributed by atoms with Crippen LogP contribution in [0, 0.1) is 0 Å². The zero-order valence-electron chi connectivity index (χ0n) is 12.3. The van der Waals surface area contributed by atoms with E-state index in [0.29, 0.717) is 10.9 Å². The fraction of sp³-hybridized carbons (Fsp3) is 0.571. The van der Waals surface area contributed by atoms with Gasteiger partial charge in [0.25, 0.3) is 0 Å². The molecule has 0 spiro atoms. The summed E-state index contributed by atoms with van der Waals surface area (Å²) in [4.78, 5) is 2.74. The topological polar surface area (TPSA) is 52.7 Å². The molecule has 0 saturated carbocycles. The van der Waals surface area contributed by atoms with Crippen molar-refractivity contribution in [2.45, 2.75) is 24.4 Å². The molecule has 1 saturated heterocycles. The lowest BCUT2D eigenvalue weighted by molar-refractivity contribution is 0.165. The molecule has 1 unspecified atom stereocenters. The smallest absolute Gasteiger partial charge is 0.242 e. The molecule has 112 valence electrons. The van der Waals surface area contributed by atoms with E-state index in [0.717, 1.165) is 31.7 Å². The van der Waals surface area contributed by atoms with Crippen molar-refractivity contribution in [3.8, 4) is 0 Å². The number of hydrogen-bond acceptors (Lipinski definition) is 4. The van der Waals surface area contributed by atoms with Gasteiger partial charge < -0.3 is 5.32 Å². The number of nitrogens with zero attached hydrogens (tertiary/aromatic N) is 2. The molecule has 1 aromatic rings. The van der Waals surface area contributed by atoms with E-state index in [2.05, 4.69) is 17.1 Å². The summed E-state index contributed by atoms with van der Waals surface area (Å²) in [6, 6.07) is 7.71. The Morgan fingerprint density at radius 1 is 1.40 bits per heavy atom. The molecule has 1 atom stereocenters. The van der Waals surface area contributed by atoms with Crippen molar-refractivity contribution in [2.75, 3.05) is 33.7 Å². The van der Waals surface area contributed by atoms with E-state index in [4.69, 9.17) is 0 Å². The number of sulfonamides is 1. The molecule has 1 fully saturated rings. The molecule has 5 nitrogen and oxygen atoms in total. The second kappa shape index (κ2) is 6.22. The summed E-state index contributed by atoms with van der Waals surface area (Å²) in [5.41, 5.74) is 1.04. The molecule has 0 radical (unpaired) electrons. The van der Waals surface area contributed by atoms with E-state index >= 15 is 0 Å². The van der Waals surface area contributed by atoms with Crippen LogP contribution in [-0.2, 0) is 16.6 Å². The summed E-state index contributed by atoms with van der Waals surface area (Å²) in [6.45, 7) is 5.94. The third kappa shape index (κ3) is 3.38. The maximum absolute atomic E-state index is 12.1. The van der Waals surface area contributed by atoms with Crippen LogP contribution < -0.4 is 5.32 Å². The summed E-state index contributed by atoms with van der Waals surface area (Å²) in [6.07, 6.45) is 0. The van der Waals surface area contributed by atoms with Crippen LogP contribution in [-0.4, -0.2) is 57.4 Å². The maximum Gasteiger partial charge on any atom is 0.242 e. The van der Waals surface area contributed by atoms with Gasteiger partial charge in [0.2, 0.25) is 10.0 Å². The Kier molecular flexibility index (Phi) is 4.80. The molecule has 1 aliphatic heterocycles. The summed E-state index contributed by atoms with van der Waals surface area (Å²) >= 11 is 0. The molecule has 2 rings (SSSR count). The van der Waals surface area contributed by atoms with Gasteiger partial charge in [0, 0.05) is 46.3 Å². The first-order valence-electron chi connectivity index (χ1n) is 6.87. The van der Waals surface area contributed by atoms with Crippen LogP contribution in [0.2, 0.25) is 0 Å². The van der Waals surface area contributed by atoms with Crippen molar-refractivity contribution >= 4 is 10.0 Å². The van der Waals surface area contributed by atoms with Gasteiger partial charge in [-0.1, -0.05) is 12.1 Å². The molecule has 0 amide bonds. The SMILES string of the molecule is CC1CNCCN1Cc1cccc(S(=O)(=O)N(C)C)c1. The summed E-state index contributed by atoms with van der Waals surface area (Å²) in [5, 5.41) is 3.36. The molecule has 1 heterocycles. The van der Waals surface area contributed by atoms with Crippen molar-refractivity contribution in [1.29, 1.82) is 0 Å². The van der Waals surface area contributed by atoms with Gasteiger partial charge in [-0.15, -0.1) is 0 Å². The molecule has 0 bridgehead atoms. The van der Waals surface area contributed by atoms with Gasteiger partial charge in [0.1, 0.15) is 0 Å². The first kappa shape index (κ1) is 15.4. The molecule has 0 aliphatic carbocycles. The molecule has 1 aromatic carbocycles. The van der Waals surface area contributed by atoms with Gasteiger partial charge in [-0.05, 0) is 24.6 Å². The van der Waals surface area contributed by atoms with Crippen LogP contribution in [0.5, 0.6) is 0 Å².